The van der Waals surface area contributed by atoms with Gasteiger partial charge in [0.05, 0.1) is 22.3 Å². The number of nitrogens with zero attached hydrogens (tertiary/aromatic N) is 3. The number of nitriles is 2. The third-order valence-electron chi connectivity index (χ3n) is 2.51. The Morgan fingerprint density at radius 1 is 1.19 bits per heavy atom. The average Bonchev–Trinajstić information content (AvgIpc) is 2.49. The van der Waals surface area contributed by atoms with Crippen molar-refractivity contribution in [2.45, 2.75) is 4.90 Å². The average molecular weight is 319 g/mol. The van der Waals surface area contributed by atoms with E-state index in [1.54, 1.807) is 6.07 Å². The minimum Gasteiger partial charge on any atom is -0.278 e. The van der Waals surface area contributed by atoms with E-state index < -0.39 is 10.0 Å². The summed E-state index contributed by atoms with van der Waals surface area (Å²) in [5, 5.41) is 17.7. The molecule has 0 spiro atoms. The first kappa shape index (κ1) is 14.8. The topological polar surface area (TPSA) is 107 Å². The summed E-state index contributed by atoms with van der Waals surface area (Å²) in [5.41, 5.74) is 0.209. The molecule has 8 heteroatoms. The lowest BCUT2D eigenvalue weighted by Crippen LogP contribution is -2.15. The summed E-state index contributed by atoms with van der Waals surface area (Å²) in [6, 6.07) is 10.4. The molecule has 0 radical (unpaired) electrons. The number of sulfonamides is 1. The molecule has 2 rings (SSSR count). The van der Waals surface area contributed by atoms with Gasteiger partial charge in [-0.1, -0.05) is 11.6 Å². The molecule has 104 valence electrons. The molecule has 1 N–H and O–H groups in total. The third-order valence-corrected chi connectivity index (χ3v) is 4.22. The Labute approximate surface area is 126 Å². The quantitative estimate of drug-likeness (QED) is 0.934. The highest BCUT2D eigenvalue weighted by atomic mass is 35.5. The van der Waals surface area contributed by atoms with Gasteiger partial charge < -0.3 is 0 Å². The number of benzene rings is 1. The van der Waals surface area contributed by atoms with Crippen molar-refractivity contribution in [2.75, 3.05) is 4.72 Å². The normalized spacial score (nSPS) is 10.4. The molecule has 0 saturated carbocycles. The molecule has 0 fully saturated rings. The standard InChI is InChI=1S/C13H7ClN4O2S/c14-10-6-9(7-15)3-4-11(10)18-21(19,20)13-2-1-5-17-12(13)8-16/h1-6,18H. The fraction of sp³-hybridized carbons (Fsp3) is 0. The van der Waals surface area contributed by atoms with E-state index in [1.807, 2.05) is 6.07 Å². The van der Waals surface area contributed by atoms with Crippen LogP contribution in [0.5, 0.6) is 0 Å². The second-order valence-corrected chi connectivity index (χ2v) is 5.93. The van der Waals surface area contributed by atoms with E-state index in [0.29, 0.717) is 5.56 Å². The SMILES string of the molecule is N#Cc1ccc(NS(=O)(=O)c2cccnc2C#N)c(Cl)c1. The number of hydrogen-bond donors (Lipinski definition) is 1. The molecule has 1 aromatic heterocycles. The molecule has 0 amide bonds. The van der Waals surface area contributed by atoms with Crippen molar-refractivity contribution in [3.8, 4) is 12.1 Å². The lowest BCUT2D eigenvalue weighted by Gasteiger charge is -2.10. The van der Waals surface area contributed by atoms with Crippen LogP contribution in [0.3, 0.4) is 0 Å². The van der Waals surface area contributed by atoms with Crippen LogP contribution in [-0.2, 0) is 10.0 Å². The highest BCUT2D eigenvalue weighted by Gasteiger charge is 2.20. The summed E-state index contributed by atoms with van der Waals surface area (Å²) in [7, 11) is -4.00. The second-order valence-electron chi connectivity index (χ2n) is 3.87. The first-order chi connectivity index (χ1) is 9.97. The van der Waals surface area contributed by atoms with E-state index >= 15 is 0 Å². The summed E-state index contributed by atoms with van der Waals surface area (Å²) < 4.78 is 26.8. The molecule has 21 heavy (non-hydrogen) atoms. The van der Waals surface area contributed by atoms with E-state index in [2.05, 4.69) is 9.71 Å². The Kier molecular flexibility index (Phi) is 4.08. The molecule has 0 aliphatic carbocycles. The van der Waals surface area contributed by atoms with Crippen molar-refractivity contribution in [3.63, 3.8) is 0 Å². The maximum Gasteiger partial charge on any atom is 0.264 e. The van der Waals surface area contributed by atoms with Gasteiger partial charge >= 0.3 is 0 Å². The molecular formula is C13H7ClN4O2S. The predicted molar refractivity (Wildman–Crippen MR) is 75.9 cm³/mol. The fourth-order valence-corrected chi connectivity index (χ4v) is 3.03. The number of anilines is 1. The summed E-state index contributed by atoms with van der Waals surface area (Å²) >= 11 is 5.92. The van der Waals surface area contributed by atoms with E-state index in [0.717, 1.165) is 0 Å². The number of nitrogens with one attached hydrogen (secondary N) is 1. The maximum absolute atomic E-state index is 12.3. The lowest BCUT2D eigenvalue weighted by atomic mass is 10.2. The molecule has 2 aromatic rings. The minimum atomic E-state index is -4.00. The monoisotopic (exact) mass is 318 g/mol. The van der Waals surface area contributed by atoms with Gasteiger partial charge in [0.2, 0.25) is 0 Å². The van der Waals surface area contributed by atoms with E-state index in [4.69, 9.17) is 22.1 Å². The number of rotatable bonds is 3. The highest BCUT2D eigenvalue weighted by Crippen LogP contribution is 2.26. The Morgan fingerprint density at radius 2 is 1.95 bits per heavy atom. The van der Waals surface area contributed by atoms with Crippen LogP contribution in [0.25, 0.3) is 0 Å². The molecule has 0 bridgehead atoms. The van der Waals surface area contributed by atoms with Crippen molar-refractivity contribution < 1.29 is 8.42 Å². The molecule has 0 saturated heterocycles. The number of aromatic nitrogens is 1. The van der Waals surface area contributed by atoms with Crippen molar-refractivity contribution in [1.82, 2.24) is 4.98 Å². The molecule has 0 aliphatic heterocycles. The van der Waals surface area contributed by atoms with Gasteiger partial charge in [0.15, 0.2) is 5.69 Å². The van der Waals surface area contributed by atoms with Gasteiger partial charge in [0.1, 0.15) is 11.0 Å². The summed E-state index contributed by atoms with van der Waals surface area (Å²) in [6.07, 6.45) is 1.33. The third kappa shape index (κ3) is 3.11. The van der Waals surface area contributed by atoms with Gasteiger partial charge in [-0.2, -0.15) is 10.5 Å². The highest BCUT2D eigenvalue weighted by molar-refractivity contribution is 7.92. The van der Waals surface area contributed by atoms with Crippen molar-refractivity contribution in [3.05, 3.63) is 52.8 Å². The van der Waals surface area contributed by atoms with Crippen LogP contribution in [0, 0.1) is 22.7 Å². The predicted octanol–water partition coefficient (Wildman–Crippen LogP) is 2.28. The zero-order chi connectivity index (χ0) is 15.5. The van der Waals surface area contributed by atoms with Gasteiger partial charge in [-0.05, 0) is 30.3 Å². The Hall–Kier alpha value is -2.61. The first-order valence-electron chi connectivity index (χ1n) is 5.55. The van der Waals surface area contributed by atoms with Crippen LogP contribution in [0.15, 0.2) is 41.4 Å². The Bertz CT molecular complexity index is 882. The summed E-state index contributed by atoms with van der Waals surface area (Å²) in [6.45, 7) is 0. The molecule has 0 unspecified atom stereocenters. The minimum absolute atomic E-state index is 0.0834. The zero-order valence-corrected chi connectivity index (χ0v) is 12.0. The van der Waals surface area contributed by atoms with Crippen molar-refractivity contribution in [2.24, 2.45) is 0 Å². The Morgan fingerprint density at radius 3 is 2.57 bits per heavy atom. The van der Waals surface area contributed by atoms with Crippen LogP contribution in [-0.4, -0.2) is 13.4 Å². The number of hydrogen-bond acceptors (Lipinski definition) is 5. The first-order valence-corrected chi connectivity index (χ1v) is 7.41. The summed E-state index contributed by atoms with van der Waals surface area (Å²) in [4.78, 5) is 3.46. The molecule has 1 aromatic carbocycles. The van der Waals surface area contributed by atoms with E-state index in [-0.39, 0.29) is 21.3 Å². The molecule has 1 heterocycles. The number of halogens is 1. The molecular weight excluding hydrogens is 312 g/mol. The van der Waals surface area contributed by atoms with E-state index in [9.17, 15) is 8.42 Å². The Balaban J connectivity index is 2.44. The molecule has 6 nitrogen and oxygen atoms in total. The van der Waals surface area contributed by atoms with Gasteiger partial charge in [0, 0.05) is 6.20 Å². The van der Waals surface area contributed by atoms with Gasteiger partial charge in [-0.15, -0.1) is 0 Å². The van der Waals surface area contributed by atoms with Crippen LogP contribution >= 0.6 is 11.6 Å². The van der Waals surface area contributed by atoms with Gasteiger partial charge in [-0.3, -0.25) is 4.72 Å². The molecule has 0 atom stereocenters. The fourth-order valence-electron chi connectivity index (χ4n) is 1.56. The van der Waals surface area contributed by atoms with Crippen LogP contribution in [0.4, 0.5) is 5.69 Å². The smallest absolute Gasteiger partial charge is 0.264 e. The largest absolute Gasteiger partial charge is 0.278 e. The van der Waals surface area contributed by atoms with Crippen molar-refractivity contribution in [1.29, 1.82) is 10.5 Å². The number of pyridine rings is 1. The second kappa shape index (κ2) is 5.80. The van der Waals surface area contributed by atoms with E-state index in [1.165, 1.54) is 36.5 Å². The van der Waals surface area contributed by atoms with Gasteiger partial charge in [-0.25, -0.2) is 13.4 Å². The van der Waals surface area contributed by atoms with Gasteiger partial charge in [0.25, 0.3) is 10.0 Å². The lowest BCUT2D eigenvalue weighted by molar-refractivity contribution is 0.600. The van der Waals surface area contributed by atoms with Crippen LogP contribution in [0.1, 0.15) is 11.3 Å². The molecule has 0 aliphatic rings. The summed E-state index contributed by atoms with van der Waals surface area (Å²) in [5.74, 6) is 0. The maximum atomic E-state index is 12.3. The zero-order valence-electron chi connectivity index (χ0n) is 10.4. The van der Waals surface area contributed by atoms with Crippen LogP contribution in [0.2, 0.25) is 5.02 Å². The van der Waals surface area contributed by atoms with Crippen LogP contribution < -0.4 is 4.72 Å². The van der Waals surface area contributed by atoms with Crippen molar-refractivity contribution >= 4 is 27.3 Å².